The maximum atomic E-state index is 13.3. The van der Waals surface area contributed by atoms with E-state index in [1.54, 1.807) is 24.5 Å². The van der Waals surface area contributed by atoms with Gasteiger partial charge in [-0.2, -0.15) is 18.4 Å². The molecule has 1 atom stereocenters. The lowest BCUT2D eigenvalue weighted by Crippen LogP contribution is -2.36. The SMILES string of the molecule is CCN(c1ccc(C#N)c(C(F)(F)F)c1)C1CCC=C(c2ccncc2)C1. The summed E-state index contributed by atoms with van der Waals surface area (Å²) in [6, 6.07) is 9.64. The van der Waals surface area contributed by atoms with Gasteiger partial charge in [-0.15, -0.1) is 0 Å². The Balaban J connectivity index is 1.90. The molecule has 0 fully saturated rings. The van der Waals surface area contributed by atoms with Crippen molar-refractivity contribution in [1.29, 1.82) is 5.26 Å². The van der Waals surface area contributed by atoms with Crippen molar-refractivity contribution in [3.63, 3.8) is 0 Å². The fraction of sp³-hybridized carbons (Fsp3) is 0.333. The van der Waals surface area contributed by atoms with Gasteiger partial charge in [-0.3, -0.25) is 4.98 Å². The lowest BCUT2D eigenvalue weighted by molar-refractivity contribution is -0.137. The zero-order valence-corrected chi connectivity index (χ0v) is 15.0. The Morgan fingerprint density at radius 2 is 1.96 bits per heavy atom. The normalized spacial score (nSPS) is 17.1. The van der Waals surface area contributed by atoms with Crippen LogP contribution in [0.25, 0.3) is 5.57 Å². The Labute approximate surface area is 156 Å². The number of hydrogen-bond donors (Lipinski definition) is 0. The maximum Gasteiger partial charge on any atom is 0.417 e. The lowest BCUT2D eigenvalue weighted by Gasteiger charge is -2.36. The van der Waals surface area contributed by atoms with Gasteiger partial charge in [-0.25, -0.2) is 0 Å². The van der Waals surface area contributed by atoms with Gasteiger partial charge in [0.1, 0.15) is 0 Å². The molecule has 0 aliphatic heterocycles. The smallest absolute Gasteiger partial charge is 0.368 e. The van der Waals surface area contributed by atoms with Gasteiger partial charge in [0.15, 0.2) is 0 Å². The van der Waals surface area contributed by atoms with Gasteiger partial charge in [-0.1, -0.05) is 6.08 Å². The summed E-state index contributed by atoms with van der Waals surface area (Å²) in [5, 5.41) is 9.00. The first-order valence-corrected chi connectivity index (χ1v) is 8.91. The van der Waals surface area contributed by atoms with Crippen LogP contribution in [0.4, 0.5) is 18.9 Å². The molecule has 1 aliphatic carbocycles. The van der Waals surface area contributed by atoms with Crippen molar-refractivity contribution in [2.24, 2.45) is 0 Å². The van der Waals surface area contributed by atoms with Crippen molar-refractivity contribution in [3.05, 3.63) is 65.5 Å². The number of aromatic nitrogens is 1. The van der Waals surface area contributed by atoms with Crippen molar-refractivity contribution in [2.45, 2.75) is 38.4 Å². The Morgan fingerprint density at radius 1 is 1.22 bits per heavy atom. The summed E-state index contributed by atoms with van der Waals surface area (Å²) in [5.41, 5.74) is 1.58. The minimum atomic E-state index is -4.55. The van der Waals surface area contributed by atoms with E-state index >= 15 is 0 Å². The van der Waals surface area contributed by atoms with E-state index in [0.29, 0.717) is 12.2 Å². The highest BCUT2D eigenvalue weighted by Gasteiger charge is 2.34. The molecule has 27 heavy (non-hydrogen) atoms. The van der Waals surface area contributed by atoms with E-state index in [-0.39, 0.29) is 11.6 Å². The molecule has 3 rings (SSSR count). The largest absolute Gasteiger partial charge is 0.417 e. The van der Waals surface area contributed by atoms with Crippen LogP contribution >= 0.6 is 0 Å². The van der Waals surface area contributed by atoms with Crippen molar-refractivity contribution in [2.75, 3.05) is 11.4 Å². The van der Waals surface area contributed by atoms with E-state index in [0.717, 1.165) is 30.9 Å². The number of pyridine rings is 1. The Bertz CT molecular complexity index is 866. The highest BCUT2D eigenvalue weighted by Crippen LogP contribution is 2.37. The number of anilines is 1. The quantitative estimate of drug-likeness (QED) is 0.719. The molecule has 0 bridgehead atoms. The third kappa shape index (κ3) is 4.13. The first-order chi connectivity index (χ1) is 12.9. The molecule has 2 aromatic rings. The van der Waals surface area contributed by atoms with E-state index < -0.39 is 11.7 Å². The van der Waals surface area contributed by atoms with Gasteiger partial charge in [0, 0.05) is 30.7 Å². The summed E-state index contributed by atoms with van der Waals surface area (Å²) < 4.78 is 40.0. The van der Waals surface area contributed by atoms with Crippen molar-refractivity contribution in [3.8, 4) is 6.07 Å². The minimum absolute atomic E-state index is 0.109. The second-order valence-electron chi connectivity index (χ2n) is 6.53. The van der Waals surface area contributed by atoms with E-state index in [1.165, 1.54) is 11.6 Å². The van der Waals surface area contributed by atoms with Crippen LogP contribution in [0, 0.1) is 11.3 Å². The summed E-state index contributed by atoms with van der Waals surface area (Å²) in [5.74, 6) is 0. The van der Waals surface area contributed by atoms with Gasteiger partial charge < -0.3 is 4.90 Å². The number of benzene rings is 1. The molecule has 0 amide bonds. The zero-order chi connectivity index (χ0) is 19.4. The van der Waals surface area contributed by atoms with Gasteiger partial charge in [0.25, 0.3) is 0 Å². The standard InChI is InChI=1S/C21H20F3N3/c1-2-27(19-7-6-17(14-25)20(13-19)21(22,23)24)18-5-3-4-16(12-18)15-8-10-26-11-9-15/h4,6-11,13,18H,2-3,5,12H2,1H3. The van der Waals surface area contributed by atoms with E-state index in [4.69, 9.17) is 5.26 Å². The first-order valence-electron chi connectivity index (χ1n) is 8.91. The Hall–Kier alpha value is -2.81. The Morgan fingerprint density at radius 3 is 2.59 bits per heavy atom. The third-order valence-corrected chi connectivity index (χ3v) is 4.94. The summed E-state index contributed by atoms with van der Waals surface area (Å²) in [6.07, 6.45) is 3.65. The van der Waals surface area contributed by atoms with E-state index in [1.807, 2.05) is 24.0 Å². The molecule has 0 radical (unpaired) electrons. The summed E-state index contributed by atoms with van der Waals surface area (Å²) in [6.45, 7) is 2.54. The number of rotatable bonds is 4. The summed E-state index contributed by atoms with van der Waals surface area (Å²) in [7, 11) is 0. The van der Waals surface area contributed by atoms with Gasteiger partial charge >= 0.3 is 6.18 Å². The predicted octanol–water partition coefficient (Wildman–Crippen LogP) is 5.43. The molecule has 0 saturated heterocycles. The topological polar surface area (TPSA) is 39.9 Å². The number of halogens is 3. The molecule has 1 unspecified atom stereocenters. The molecule has 0 saturated carbocycles. The third-order valence-electron chi connectivity index (χ3n) is 4.94. The van der Waals surface area contributed by atoms with Crippen LogP contribution in [0.1, 0.15) is 42.9 Å². The number of nitriles is 1. The average Bonchev–Trinajstić information content (AvgIpc) is 2.69. The molecule has 0 spiro atoms. The van der Waals surface area contributed by atoms with Crippen LogP contribution in [0.15, 0.2) is 48.8 Å². The van der Waals surface area contributed by atoms with Gasteiger partial charge in [-0.05, 0) is 67.7 Å². The van der Waals surface area contributed by atoms with Crippen molar-refractivity contribution in [1.82, 2.24) is 4.98 Å². The van der Waals surface area contributed by atoms with E-state index in [2.05, 4.69) is 11.1 Å². The van der Waals surface area contributed by atoms with Crippen LogP contribution in [-0.2, 0) is 6.18 Å². The van der Waals surface area contributed by atoms with Crippen molar-refractivity contribution >= 4 is 11.3 Å². The highest BCUT2D eigenvalue weighted by atomic mass is 19.4. The molecule has 6 heteroatoms. The number of nitrogens with zero attached hydrogens (tertiary/aromatic N) is 3. The van der Waals surface area contributed by atoms with Crippen LogP contribution in [0.2, 0.25) is 0 Å². The Kier molecular flexibility index (Phi) is 5.50. The molecule has 140 valence electrons. The maximum absolute atomic E-state index is 13.3. The molecular formula is C21H20F3N3. The second-order valence-corrected chi connectivity index (χ2v) is 6.53. The van der Waals surface area contributed by atoms with Crippen LogP contribution in [0.3, 0.4) is 0 Å². The number of hydrogen-bond acceptors (Lipinski definition) is 3. The second kappa shape index (κ2) is 7.83. The number of alkyl halides is 3. The predicted molar refractivity (Wildman–Crippen MR) is 99.0 cm³/mol. The minimum Gasteiger partial charge on any atom is -0.368 e. The van der Waals surface area contributed by atoms with Crippen LogP contribution < -0.4 is 4.90 Å². The molecule has 1 aromatic carbocycles. The number of allylic oxidation sites excluding steroid dienone is 1. The summed E-state index contributed by atoms with van der Waals surface area (Å²) in [4.78, 5) is 6.04. The van der Waals surface area contributed by atoms with Crippen LogP contribution in [0.5, 0.6) is 0 Å². The molecule has 0 N–H and O–H groups in total. The van der Waals surface area contributed by atoms with Crippen LogP contribution in [-0.4, -0.2) is 17.6 Å². The molecule has 1 aliphatic rings. The molecule has 3 nitrogen and oxygen atoms in total. The first kappa shape index (κ1) is 19.0. The lowest BCUT2D eigenvalue weighted by atomic mass is 9.89. The van der Waals surface area contributed by atoms with E-state index in [9.17, 15) is 13.2 Å². The fourth-order valence-corrected chi connectivity index (χ4v) is 3.65. The average molecular weight is 371 g/mol. The zero-order valence-electron chi connectivity index (χ0n) is 15.0. The molecule has 1 aromatic heterocycles. The summed E-state index contributed by atoms with van der Waals surface area (Å²) >= 11 is 0. The molecule has 1 heterocycles. The van der Waals surface area contributed by atoms with Gasteiger partial charge in [0.05, 0.1) is 17.2 Å². The fourth-order valence-electron chi connectivity index (χ4n) is 3.65. The highest BCUT2D eigenvalue weighted by molar-refractivity contribution is 5.67. The van der Waals surface area contributed by atoms with Gasteiger partial charge in [0.2, 0.25) is 0 Å². The monoisotopic (exact) mass is 371 g/mol. The molecular weight excluding hydrogens is 351 g/mol. The van der Waals surface area contributed by atoms with Crippen molar-refractivity contribution < 1.29 is 13.2 Å².